The summed E-state index contributed by atoms with van der Waals surface area (Å²) in [6, 6.07) is 7.30. The highest BCUT2D eigenvalue weighted by atomic mass is 16.5. The maximum absolute atomic E-state index is 13.0. The highest BCUT2D eigenvalue weighted by Crippen LogP contribution is 2.24. The molecular formula is C23H30N4O4. The topological polar surface area (TPSA) is 82.2 Å². The van der Waals surface area contributed by atoms with Crippen molar-refractivity contribution >= 4 is 17.7 Å². The fourth-order valence-electron chi connectivity index (χ4n) is 4.08. The number of nitrogens with zero attached hydrogens (tertiary/aromatic N) is 3. The van der Waals surface area contributed by atoms with Crippen LogP contribution in [0.2, 0.25) is 0 Å². The molecule has 0 aliphatic carbocycles. The molecule has 0 unspecified atom stereocenters. The molecule has 31 heavy (non-hydrogen) atoms. The number of benzene rings is 1. The fourth-order valence-corrected chi connectivity index (χ4v) is 4.08. The normalized spacial score (nSPS) is 20.3. The van der Waals surface area contributed by atoms with Gasteiger partial charge in [-0.3, -0.25) is 19.3 Å². The predicted molar refractivity (Wildman–Crippen MR) is 116 cm³/mol. The van der Waals surface area contributed by atoms with Crippen LogP contribution in [0.4, 0.5) is 0 Å². The van der Waals surface area contributed by atoms with E-state index in [1.165, 1.54) is 0 Å². The molecule has 166 valence electrons. The van der Waals surface area contributed by atoms with E-state index in [9.17, 15) is 14.4 Å². The monoisotopic (exact) mass is 426 g/mol. The predicted octanol–water partition coefficient (Wildman–Crippen LogP) is 0.326. The molecule has 2 aliphatic rings. The summed E-state index contributed by atoms with van der Waals surface area (Å²) in [6.07, 6.45) is 5.44. The molecule has 2 aliphatic heterocycles. The lowest BCUT2D eigenvalue weighted by atomic mass is 10.1. The summed E-state index contributed by atoms with van der Waals surface area (Å²) < 4.78 is 5.16. The molecule has 1 N–H and O–H groups in total. The lowest BCUT2D eigenvalue weighted by molar-refractivity contribution is -0.138. The molecule has 0 radical (unpaired) electrons. The Morgan fingerprint density at radius 3 is 2.52 bits per heavy atom. The molecule has 0 spiro atoms. The molecule has 2 saturated heterocycles. The van der Waals surface area contributed by atoms with Crippen LogP contribution in [-0.4, -0.2) is 84.8 Å². The van der Waals surface area contributed by atoms with Crippen LogP contribution in [0.1, 0.15) is 18.9 Å². The second-order valence-electron chi connectivity index (χ2n) is 7.98. The summed E-state index contributed by atoms with van der Waals surface area (Å²) in [4.78, 5) is 43.2. The average Bonchev–Trinajstić information content (AvgIpc) is 3.17. The minimum absolute atomic E-state index is 0.00612. The third-order valence-corrected chi connectivity index (χ3v) is 6.01. The van der Waals surface area contributed by atoms with E-state index in [0.29, 0.717) is 39.3 Å². The molecule has 3 amide bonds. The van der Waals surface area contributed by atoms with Gasteiger partial charge < -0.3 is 19.9 Å². The summed E-state index contributed by atoms with van der Waals surface area (Å²) >= 11 is 0. The van der Waals surface area contributed by atoms with E-state index in [0.717, 1.165) is 11.3 Å². The van der Waals surface area contributed by atoms with Gasteiger partial charge in [-0.25, -0.2) is 0 Å². The first kappa shape index (κ1) is 22.6. The number of piperazine rings is 1. The maximum atomic E-state index is 13.0. The van der Waals surface area contributed by atoms with Gasteiger partial charge in [0.25, 0.3) is 0 Å². The molecule has 0 saturated carbocycles. The number of carbonyl (C=O) groups excluding carboxylic acids is 3. The maximum Gasteiger partial charge on any atom is 0.237 e. The molecule has 2 atom stereocenters. The van der Waals surface area contributed by atoms with E-state index in [1.807, 2.05) is 41.0 Å². The first-order valence-corrected chi connectivity index (χ1v) is 10.6. The summed E-state index contributed by atoms with van der Waals surface area (Å²) in [5.41, 5.74) is 1.01. The SMILES string of the molecule is C#CCNC(=O)[C@@H](C)N1CCN(C(=O)[C@H]2CC(=O)N(Cc3ccc(OC)cc3)C2)CC1. The van der Waals surface area contributed by atoms with Gasteiger partial charge in [-0.05, 0) is 24.6 Å². The molecule has 3 rings (SSSR count). The number of terminal acetylenes is 1. The minimum Gasteiger partial charge on any atom is -0.497 e. The number of nitrogens with one attached hydrogen (secondary N) is 1. The Morgan fingerprint density at radius 2 is 1.90 bits per heavy atom. The Labute approximate surface area is 183 Å². The van der Waals surface area contributed by atoms with Gasteiger partial charge in [0.15, 0.2) is 0 Å². The summed E-state index contributed by atoms with van der Waals surface area (Å²) in [5.74, 6) is 2.78. The first-order valence-electron chi connectivity index (χ1n) is 10.6. The minimum atomic E-state index is -0.311. The van der Waals surface area contributed by atoms with Crippen molar-refractivity contribution in [3.8, 4) is 18.1 Å². The molecule has 0 aromatic heterocycles. The van der Waals surface area contributed by atoms with Crippen LogP contribution in [0.15, 0.2) is 24.3 Å². The van der Waals surface area contributed by atoms with Crippen molar-refractivity contribution in [3.05, 3.63) is 29.8 Å². The van der Waals surface area contributed by atoms with Crippen molar-refractivity contribution < 1.29 is 19.1 Å². The van der Waals surface area contributed by atoms with Crippen molar-refractivity contribution in [3.63, 3.8) is 0 Å². The Balaban J connectivity index is 1.49. The molecule has 0 bridgehead atoms. The molecule has 8 heteroatoms. The molecule has 1 aromatic rings. The van der Waals surface area contributed by atoms with E-state index in [4.69, 9.17) is 11.2 Å². The van der Waals surface area contributed by atoms with Crippen molar-refractivity contribution in [2.24, 2.45) is 5.92 Å². The van der Waals surface area contributed by atoms with Gasteiger partial charge in [-0.2, -0.15) is 0 Å². The number of amides is 3. The number of hydrogen-bond acceptors (Lipinski definition) is 5. The van der Waals surface area contributed by atoms with Crippen LogP contribution in [0.3, 0.4) is 0 Å². The molecule has 2 fully saturated rings. The molecule has 2 heterocycles. The van der Waals surface area contributed by atoms with Crippen LogP contribution >= 0.6 is 0 Å². The lowest BCUT2D eigenvalue weighted by Gasteiger charge is -2.38. The van der Waals surface area contributed by atoms with Gasteiger partial charge in [0.1, 0.15) is 5.75 Å². The first-order chi connectivity index (χ1) is 14.9. The Morgan fingerprint density at radius 1 is 1.23 bits per heavy atom. The Bertz CT molecular complexity index is 840. The van der Waals surface area contributed by atoms with Crippen molar-refractivity contribution in [2.75, 3.05) is 46.4 Å². The number of hydrogen-bond donors (Lipinski definition) is 1. The van der Waals surface area contributed by atoms with Crippen LogP contribution in [-0.2, 0) is 20.9 Å². The number of methoxy groups -OCH3 is 1. The quantitative estimate of drug-likeness (QED) is 0.636. The molecule has 1 aromatic carbocycles. The summed E-state index contributed by atoms with van der Waals surface area (Å²) in [6.45, 7) is 5.32. The van der Waals surface area contributed by atoms with Gasteiger partial charge in [-0.15, -0.1) is 6.42 Å². The molecular weight excluding hydrogens is 396 g/mol. The number of ether oxygens (including phenoxy) is 1. The highest BCUT2D eigenvalue weighted by Gasteiger charge is 2.37. The van der Waals surface area contributed by atoms with Crippen LogP contribution in [0.5, 0.6) is 5.75 Å². The number of likely N-dealkylation sites (tertiary alicyclic amines) is 1. The second-order valence-corrected chi connectivity index (χ2v) is 7.98. The van der Waals surface area contributed by atoms with Gasteiger partial charge in [0, 0.05) is 45.7 Å². The zero-order valence-corrected chi connectivity index (χ0v) is 18.2. The Kier molecular flexibility index (Phi) is 7.53. The summed E-state index contributed by atoms with van der Waals surface area (Å²) in [7, 11) is 1.61. The van der Waals surface area contributed by atoms with E-state index in [2.05, 4.69) is 11.2 Å². The van der Waals surface area contributed by atoms with Crippen LogP contribution in [0.25, 0.3) is 0 Å². The third-order valence-electron chi connectivity index (χ3n) is 6.01. The Hall–Kier alpha value is -3.05. The molecule has 8 nitrogen and oxygen atoms in total. The average molecular weight is 427 g/mol. The van der Waals surface area contributed by atoms with Gasteiger partial charge in [-0.1, -0.05) is 18.1 Å². The van der Waals surface area contributed by atoms with Crippen molar-refractivity contribution in [1.29, 1.82) is 0 Å². The lowest BCUT2D eigenvalue weighted by Crippen LogP contribution is -2.55. The van der Waals surface area contributed by atoms with Gasteiger partial charge in [0.2, 0.25) is 17.7 Å². The smallest absolute Gasteiger partial charge is 0.237 e. The third kappa shape index (κ3) is 5.56. The van der Waals surface area contributed by atoms with Crippen LogP contribution < -0.4 is 10.1 Å². The standard InChI is InChI=1S/C23H30N4O4/c1-4-9-24-22(29)17(2)25-10-12-26(13-11-25)23(30)19-14-21(28)27(16-19)15-18-5-7-20(31-3)8-6-18/h1,5-8,17,19H,9-16H2,2-3H3,(H,24,29)/t17-,19+/m1/s1. The van der Waals surface area contributed by atoms with Gasteiger partial charge in [0.05, 0.1) is 25.6 Å². The van der Waals surface area contributed by atoms with E-state index in [1.54, 1.807) is 12.0 Å². The zero-order chi connectivity index (χ0) is 22.4. The summed E-state index contributed by atoms with van der Waals surface area (Å²) in [5, 5.41) is 2.70. The van der Waals surface area contributed by atoms with Crippen molar-refractivity contribution in [2.45, 2.75) is 25.9 Å². The fraction of sp³-hybridized carbons (Fsp3) is 0.522. The number of rotatable bonds is 7. The van der Waals surface area contributed by atoms with E-state index < -0.39 is 0 Å². The number of carbonyl (C=O) groups is 3. The van der Waals surface area contributed by atoms with Gasteiger partial charge >= 0.3 is 0 Å². The van der Waals surface area contributed by atoms with E-state index in [-0.39, 0.29) is 42.6 Å². The zero-order valence-electron chi connectivity index (χ0n) is 18.2. The largest absolute Gasteiger partial charge is 0.497 e. The van der Waals surface area contributed by atoms with Crippen LogP contribution in [0, 0.1) is 18.3 Å². The second kappa shape index (κ2) is 10.3. The highest BCUT2D eigenvalue weighted by molar-refractivity contribution is 5.89. The van der Waals surface area contributed by atoms with E-state index >= 15 is 0 Å². The van der Waals surface area contributed by atoms with Crippen molar-refractivity contribution in [1.82, 2.24) is 20.0 Å².